The van der Waals surface area contributed by atoms with Crippen LogP contribution in [0.5, 0.6) is 0 Å². The zero-order valence-corrected chi connectivity index (χ0v) is 8.36. The van der Waals surface area contributed by atoms with Crippen LogP contribution >= 0.6 is 0 Å². The second-order valence-electron chi connectivity index (χ2n) is 3.00. The number of ether oxygens (including phenoxy) is 1. The number of hydrogen-bond donors (Lipinski definition) is 2. The van der Waals surface area contributed by atoms with Crippen LogP contribution < -0.4 is 5.73 Å². The lowest BCUT2D eigenvalue weighted by Gasteiger charge is -2.09. The predicted octanol–water partition coefficient (Wildman–Crippen LogP) is 0.522. The van der Waals surface area contributed by atoms with E-state index in [4.69, 9.17) is 15.6 Å². The highest BCUT2D eigenvalue weighted by Gasteiger charge is 2.13. The Bertz CT molecular complexity index is 193. The Kier molecular flexibility index (Phi) is 6.74. The molecule has 82 valence electrons. The van der Waals surface area contributed by atoms with Crippen LogP contribution in [0.1, 0.15) is 32.6 Å². The summed E-state index contributed by atoms with van der Waals surface area (Å²) in [5.41, 5.74) is 5.50. The van der Waals surface area contributed by atoms with Crippen LogP contribution in [0.3, 0.4) is 0 Å². The van der Waals surface area contributed by atoms with E-state index in [9.17, 15) is 9.59 Å². The first-order chi connectivity index (χ1) is 6.57. The van der Waals surface area contributed by atoms with Crippen LogP contribution in [0, 0.1) is 0 Å². The fraction of sp³-hybridized carbons (Fsp3) is 0.778. The summed E-state index contributed by atoms with van der Waals surface area (Å²) in [6.45, 7) is 2.04. The van der Waals surface area contributed by atoms with Crippen molar-refractivity contribution in [3.8, 4) is 0 Å². The SMILES string of the molecule is CCOC(=O)[C@@H](N)CCCCC(=O)O. The Hall–Kier alpha value is -1.10. The molecule has 0 saturated carbocycles. The van der Waals surface area contributed by atoms with Gasteiger partial charge in [-0.05, 0) is 19.8 Å². The van der Waals surface area contributed by atoms with Crippen LogP contribution in [0.2, 0.25) is 0 Å². The van der Waals surface area contributed by atoms with E-state index in [-0.39, 0.29) is 6.42 Å². The van der Waals surface area contributed by atoms with Crippen molar-refractivity contribution in [2.24, 2.45) is 5.73 Å². The van der Waals surface area contributed by atoms with Crippen molar-refractivity contribution in [3.63, 3.8) is 0 Å². The predicted molar refractivity (Wildman–Crippen MR) is 50.7 cm³/mol. The van der Waals surface area contributed by atoms with Crippen molar-refractivity contribution < 1.29 is 19.4 Å². The van der Waals surface area contributed by atoms with Gasteiger partial charge in [0.2, 0.25) is 0 Å². The third-order valence-electron chi connectivity index (χ3n) is 1.75. The topological polar surface area (TPSA) is 89.6 Å². The molecule has 0 heterocycles. The van der Waals surface area contributed by atoms with Crippen LogP contribution in [0.15, 0.2) is 0 Å². The second kappa shape index (κ2) is 7.32. The molecular formula is C9H17NO4. The number of unbranched alkanes of at least 4 members (excludes halogenated alkanes) is 1. The lowest BCUT2D eigenvalue weighted by atomic mass is 10.1. The highest BCUT2D eigenvalue weighted by molar-refractivity contribution is 5.75. The highest BCUT2D eigenvalue weighted by Crippen LogP contribution is 2.03. The summed E-state index contributed by atoms with van der Waals surface area (Å²) < 4.78 is 4.70. The minimum Gasteiger partial charge on any atom is -0.481 e. The molecule has 0 radical (unpaired) electrons. The minimum absolute atomic E-state index is 0.121. The van der Waals surface area contributed by atoms with Gasteiger partial charge in [0.25, 0.3) is 0 Å². The standard InChI is InChI=1S/C9H17NO4/c1-2-14-9(13)7(10)5-3-4-6-8(11)12/h7H,2-6,10H2,1H3,(H,11,12)/t7-/m0/s1. The normalized spacial score (nSPS) is 12.1. The molecule has 0 saturated heterocycles. The van der Waals surface area contributed by atoms with Gasteiger partial charge in [0.1, 0.15) is 6.04 Å². The lowest BCUT2D eigenvalue weighted by molar-refractivity contribution is -0.144. The largest absolute Gasteiger partial charge is 0.481 e. The first kappa shape index (κ1) is 12.9. The molecule has 0 bridgehead atoms. The smallest absolute Gasteiger partial charge is 0.322 e. The quantitative estimate of drug-likeness (QED) is 0.465. The number of carbonyl (C=O) groups is 2. The maximum absolute atomic E-state index is 11.0. The summed E-state index contributed by atoms with van der Waals surface area (Å²) in [5, 5.41) is 8.35. The molecule has 0 aromatic heterocycles. The van der Waals surface area contributed by atoms with Crippen molar-refractivity contribution in [2.45, 2.75) is 38.6 Å². The molecule has 0 aliphatic carbocycles. The number of carboxylic acids is 1. The third-order valence-corrected chi connectivity index (χ3v) is 1.75. The van der Waals surface area contributed by atoms with E-state index < -0.39 is 18.0 Å². The van der Waals surface area contributed by atoms with Gasteiger partial charge in [-0.15, -0.1) is 0 Å². The first-order valence-electron chi connectivity index (χ1n) is 4.72. The van der Waals surface area contributed by atoms with E-state index in [1.54, 1.807) is 6.92 Å². The number of hydrogen-bond acceptors (Lipinski definition) is 4. The van der Waals surface area contributed by atoms with Crippen molar-refractivity contribution >= 4 is 11.9 Å². The van der Waals surface area contributed by atoms with Crippen molar-refractivity contribution in [3.05, 3.63) is 0 Å². The van der Waals surface area contributed by atoms with Crippen LogP contribution in [0.4, 0.5) is 0 Å². The average molecular weight is 203 g/mol. The van der Waals surface area contributed by atoms with Gasteiger partial charge in [-0.3, -0.25) is 9.59 Å². The Morgan fingerprint density at radius 1 is 1.43 bits per heavy atom. The molecule has 1 atom stereocenters. The first-order valence-corrected chi connectivity index (χ1v) is 4.72. The second-order valence-corrected chi connectivity index (χ2v) is 3.00. The number of nitrogens with two attached hydrogens (primary N) is 1. The zero-order chi connectivity index (χ0) is 11.0. The molecule has 0 aliphatic rings. The molecule has 3 N–H and O–H groups in total. The van der Waals surface area contributed by atoms with E-state index >= 15 is 0 Å². The maximum Gasteiger partial charge on any atom is 0.322 e. The molecule has 0 fully saturated rings. The molecule has 0 aromatic carbocycles. The molecule has 5 heteroatoms. The molecule has 5 nitrogen and oxygen atoms in total. The van der Waals surface area contributed by atoms with Crippen molar-refractivity contribution in [2.75, 3.05) is 6.61 Å². The molecule has 0 aliphatic heterocycles. The van der Waals surface area contributed by atoms with Gasteiger partial charge in [0, 0.05) is 6.42 Å². The van der Waals surface area contributed by atoms with Crippen LogP contribution in [-0.2, 0) is 14.3 Å². The number of esters is 1. The Morgan fingerprint density at radius 3 is 2.57 bits per heavy atom. The fourth-order valence-electron chi connectivity index (χ4n) is 1.01. The number of aliphatic carboxylic acids is 1. The summed E-state index contributed by atoms with van der Waals surface area (Å²) in [7, 11) is 0. The summed E-state index contributed by atoms with van der Waals surface area (Å²) in [6.07, 6.45) is 1.77. The lowest BCUT2D eigenvalue weighted by Crippen LogP contribution is -2.32. The summed E-state index contributed by atoms with van der Waals surface area (Å²) in [4.78, 5) is 21.2. The van der Waals surface area contributed by atoms with Gasteiger partial charge in [-0.1, -0.05) is 6.42 Å². The monoisotopic (exact) mass is 203 g/mol. The Balaban J connectivity index is 3.48. The molecule has 0 aromatic rings. The minimum atomic E-state index is -0.824. The van der Waals surface area contributed by atoms with Gasteiger partial charge in [0.05, 0.1) is 6.61 Å². The molecule has 0 unspecified atom stereocenters. The summed E-state index contributed by atoms with van der Waals surface area (Å²) in [6, 6.07) is -0.622. The van der Waals surface area contributed by atoms with Gasteiger partial charge in [-0.25, -0.2) is 0 Å². The van der Waals surface area contributed by atoms with E-state index in [1.165, 1.54) is 0 Å². The molecule has 0 spiro atoms. The van der Waals surface area contributed by atoms with Crippen LogP contribution in [0.25, 0.3) is 0 Å². The van der Waals surface area contributed by atoms with Gasteiger partial charge in [0.15, 0.2) is 0 Å². The van der Waals surface area contributed by atoms with Crippen LogP contribution in [-0.4, -0.2) is 29.7 Å². The summed E-state index contributed by atoms with van der Waals surface area (Å²) in [5.74, 6) is -1.24. The average Bonchev–Trinajstić information content (AvgIpc) is 2.12. The third kappa shape index (κ3) is 6.42. The Labute approximate surface area is 83.2 Å². The Morgan fingerprint density at radius 2 is 2.07 bits per heavy atom. The number of rotatable bonds is 7. The van der Waals surface area contributed by atoms with Gasteiger partial charge < -0.3 is 15.6 Å². The molecule has 0 amide bonds. The van der Waals surface area contributed by atoms with Crippen molar-refractivity contribution in [1.29, 1.82) is 0 Å². The number of carbonyl (C=O) groups excluding carboxylic acids is 1. The van der Waals surface area contributed by atoms with E-state index in [1.807, 2.05) is 0 Å². The van der Waals surface area contributed by atoms with Crippen molar-refractivity contribution in [1.82, 2.24) is 0 Å². The van der Waals surface area contributed by atoms with Gasteiger partial charge >= 0.3 is 11.9 Å². The number of carboxylic acid groups (broad SMARTS) is 1. The van der Waals surface area contributed by atoms with E-state index in [0.717, 1.165) is 0 Å². The van der Waals surface area contributed by atoms with E-state index in [0.29, 0.717) is 25.9 Å². The molecule has 0 rings (SSSR count). The zero-order valence-electron chi connectivity index (χ0n) is 8.36. The molecular weight excluding hydrogens is 186 g/mol. The molecule has 14 heavy (non-hydrogen) atoms. The highest BCUT2D eigenvalue weighted by atomic mass is 16.5. The van der Waals surface area contributed by atoms with Gasteiger partial charge in [-0.2, -0.15) is 0 Å². The fourth-order valence-corrected chi connectivity index (χ4v) is 1.01. The summed E-state index contributed by atoms with van der Waals surface area (Å²) >= 11 is 0. The maximum atomic E-state index is 11.0. The van der Waals surface area contributed by atoms with E-state index in [2.05, 4.69) is 0 Å².